The Balaban J connectivity index is 1.60. The van der Waals surface area contributed by atoms with Gasteiger partial charge in [-0.3, -0.25) is 0 Å². The van der Waals surface area contributed by atoms with Crippen molar-refractivity contribution in [3.05, 3.63) is 47.9 Å². The topological polar surface area (TPSA) is 63.9 Å². The van der Waals surface area contributed by atoms with E-state index in [1.165, 1.54) is 0 Å². The summed E-state index contributed by atoms with van der Waals surface area (Å²) in [5.41, 5.74) is 0.999. The van der Waals surface area contributed by atoms with Crippen molar-refractivity contribution in [1.29, 1.82) is 0 Å². The van der Waals surface area contributed by atoms with Gasteiger partial charge < -0.3 is 24.1 Å². The maximum absolute atomic E-state index is 12.2. The summed E-state index contributed by atoms with van der Waals surface area (Å²) in [5, 5.41) is 2.85. The second kappa shape index (κ2) is 6.43. The molecule has 1 N–H and O–H groups in total. The number of amides is 2. The predicted octanol–water partition coefficient (Wildman–Crippen LogP) is 2.74. The van der Waals surface area contributed by atoms with Crippen LogP contribution in [0.15, 0.2) is 41.0 Å². The third-order valence-electron chi connectivity index (χ3n) is 3.47. The van der Waals surface area contributed by atoms with Crippen molar-refractivity contribution in [1.82, 2.24) is 10.2 Å². The Hall–Kier alpha value is -2.63. The Bertz CT molecular complexity index is 640. The van der Waals surface area contributed by atoms with Gasteiger partial charge in [-0.2, -0.15) is 0 Å². The monoisotopic (exact) mass is 302 g/mol. The molecule has 3 rings (SSSR count). The second-order valence-electron chi connectivity index (χ2n) is 4.94. The number of hydrogen-bond donors (Lipinski definition) is 1. The van der Waals surface area contributed by atoms with Gasteiger partial charge in [0.25, 0.3) is 0 Å². The summed E-state index contributed by atoms with van der Waals surface area (Å²) in [5.74, 6) is 2.20. The average molecular weight is 302 g/mol. The quantitative estimate of drug-likeness (QED) is 0.922. The summed E-state index contributed by atoms with van der Waals surface area (Å²) < 4.78 is 15.8. The number of urea groups is 1. The van der Waals surface area contributed by atoms with Crippen molar-refractivity contribution in [3.8, 4) is 11.5 Å². The van der Waals surface area contributed by atoms with Crippen LogP contribution in [0, 0.1) is 0 Å². The standard InChI is InChI=1S/C16H18N2O4/c1-2-18(16(19)17-9-13-4-3-7-20-13)10-12-5-6-14-15(8-12)22-11-21-14/h3-8H,2,9-11H2,1H3,(H,17,19). The summed E-state index contributed by atoms with van der Waals surface area (Å²) in [4.78, 5) is 13.9. The smallest absolute Gasteiger partial charge is 0.318 e. The van der Waals surface area contributed by atoms with E-state index in [4.69, 9.17) is 13.9 Å². The first kappa shape index (κ1) is 14.3. The maximum Gasteiger partial charge on any atom is 0.318 e. The molecule has 0 radical (unpaired) electrons. The fraction of sp³-hybridized carbons (Fsp3) is 0.312. The van der Waals surface area contributed by atoms with Crippen LogP contribution in [-0.2, 0) is 13.1 Å². The van der Waals surface area contributed by atoms with Crippen molar-refractivity contribution in [3.63, 3.8) is 0 Å². The number of benzene rings is 1. The minimum Gasteiger partial charge on any atom is -0.467 e. The SMILES string of the molecule is CCN(Cc1ccc2c(c1)OCO2)C(=O)NCc1ccco1. The highest BCUT2D eigenvalue weighted by atomic mass is 16.7. The molecule has 0 unspecified atom stereocenters. The summed E-state index contributed by atoms with van der Waals surface area (Å²) in [6.45, 7) is 3.69. The lowest BCUT2D eigenvalue weighted by atomic mass is 10.2. The highest BCUT2D eigenvalue weighted by molar-refractivity contribution is 5.74. The van der Waals surface area contributed by atoms with E-state index in [9.17, 15) is 4.79 Å². The normalized spacial score (nSPS) is 12.2. The molecule has 0 fully saturated rings. The molecule has 1 aromatic carbocycles. The summed E-state index contributed by atoms with van der Waals surface area (Å²) in [6, 6.07) is 9.21. The molecule has 1 aliphatic rings. The summed E-state index contributed by atoms with van der Waals surface area (Å²) in [7, 11) is 0. The minimum atomic E-state index is -0.128. The summed E-state index contributed by atoms with van der Waals surface area (Å²) in [6.07, 6.45) is 1.59. The lowest BCUT2D eigenvalue weighted by Crippen LogP contribution is -2.38. The van der Waals surface area contributed by atoms with Gasteiger partial charge in [-0.05, 0) is 36.8 Å². The number of ether oxygens (including phenoxy) is 2. The van der Waals surface area contributed by atoms with Gasteiger partial charge in [0.15, 0.2) is 11.5 Å². The van der Waals surface area contributed by atoms with Gasteiger partial charge in [-0.15, -0.1) is 0 Å². The first-order valence-corrected chi connectivity index (χ1v) is 7.20. The summed E-state index contributed by atoms with van der Waals surface area (Å²) >= 11 is 0. The van der Waals surface area contributed by atoms with E-state index in [0.717, 1.165) is 22.8 Å². The number of furan rings is 1. The first-order chi connectivity index (χ1) is 10.8. The van der Waals surface area contributed by atoms with Crippen molar-refractivity contribution in [2.45, 2.75) is 20.0 Å². The largest absolute Gasteiger partial charge is 0.467 e. The van der Waals surface area contributed by atoms with E-state index < -0.39 is 0 Å². The molecule has 0 saturated carbocycles. The fourth-order valence-corrected chi connectivity index (χ4v) is 2.27. The van der Waals surface area contributed by atoms with E-state index in [1.54, 1.807) is 17.2 Å². The number of hydrogen-bond acceptors (Lipinski definition) is 4. The molecular formula is C16H18N2O4. The van der Waals surface area contributed by atoms with Crippen LogP contribution in [0.2, 0.25) is 0 Å². The van der Waals surface area contributed by atoms with Crippen LogP contribution in [0.25, 0.3) is 0 Å². The van der Waals surface area contributed by atoms with E-state index in [0.29, 0.717) is 19.6 Å². The van der Waals surface area contributed by atoms with Crippen molar-refractivity contribution >= 4 is 6.03 Å². The fourth-order valence-electron chi connectivity index (χ4n) is 2.27. The van der Waals surface area contributed by atoms with Gasteiger partial charge in [0, 0.05) is 13.1 Å². The molecule has 0 spiro atoms. The Morgan fingerprint density at radius 3 is 2.91 bits per heavy atom. The van der Waals surface area contributed by atoms with Gasteiger partial charge in [-0.25, -0.2) is 4.79 Å². The number of fused-ring (bicyclic) bond motifs is 1. The first-order valence-electron chi connectivity index (χ1n) is 7.20. The van der Waals surface area contributed by atoms with Gasteiger partial charge in [0.1, 0.15) is 5.76 Å². The van der Waals surface area contributed by atoms with Crippen molar-refractivity contribution in [2.24, 2.45) is 0 Å². The number of nitrogens with one attached hydrogen (secondary N) is 1. The number of carbonyl (C=O) groups is 1. The van der Waals surface area contributed by atoms with Crippen LogP contribution in [0.4, 0.5) is 4.79 Å². The van der Waals surface area contributed by atoms with Crippen molar-refractivity contribution < 1.29 is 18.7 Å². The molecule has 0 atom stereocenters. The minimum absolute atomic E-state index is 0.128. The zero-order valence-electron chi connectivity index (χ0n) is 12.4. The van der Waals surface area contributed by atoms with Crippen LogP contribution < -0.4 is 14.8 Å². The highest BCUT2D eigenvalue weighted by Crippen LogP contribution is 2.32. The highest BCUT2D eigenvalue weighted by Gasteiger charge is 2.16. The second-order valence-corrected chi connectivity index (χ2v) is 4.94. The van der Waals surface area contributed by atoms with E-state index in [1.807, 2.05) is 31.2 Å². The molecule has 6 nitrogen and oxygen atoms in total. The Morgan fingerprint density at radius 1 is 1.27 bits per heavy atom. The molecule has 22 heavy (non-hydrogen) atoms. The number of nitrogens with zero attached hydrogens (tertiary/aromatic N) is 1. The maximum atomic E-state index is 12.2. The van der Waals surface area contributed by atoms with E-state index >= 15 is 0 Å². The molecule has 2 heterocycles. The third-order valence-corrected chi connectivity index (χ3v) is 3.47. The Morgan fingerprint density at radius 2 is 2.14 bits per heavy atom. The molecule has 2 aromatic rings. The van der Waals surface area contributed by atoms with E-state index in [-0.39, 0.29) is 12.8 Å². The van der Waals surface area contributed by atoms with Crippen LogP contribution in [0.3, 0.4) is 0 Å². The van der Waals surface area contributed by atoms with Crippen LogP contribution >= 0.6 is 0 Å². The third kappa shape index (κ3) is 3.16. The molecule has 0 aliphatic carbocycles. The molecular weight excluding hydrogens is 284 g/mol. The van der Waals surface area contributed by atoms with Gasteiger partial charge in [0.2, 0.25) is 6.79 Å². The predicted molar refractivity (Wildman–Crippen MR) is 79.6 cm³/mol. The molecule has 1 aromatic heterocycles. The van der Waals surface area contributed by atoms with Crippen LogP contribution in [0.5, 0.6) is 11.5 Å². The van der Waals surface area contributed by atoms with Gasteiger partial charge >= 0.3 is 6.03 Å². The average Bonchev–Trinajstić information content (AvgIpc) is 3.20. The number of rotatable bonds is 5. The molecule has 1 aliphatic heterocycles. The Kier molecular flexibility index (Phi) is 4.18. The van der Waals surface area contributed by atoms with Gasteiger partial charge in [-0.1, -0.05) is 6.07 Å². The molecule has 0 saturated heterocycles. The zero-order valence-corrected chi connectivity index (χ0v) is 12.4. The Labute approximate surface area is 128 Å². The molecule has 0 bridgehead atoms. The lowest BCUT2D eigenvalue weighted by Gasteiger charge is -2.21. The van der Waals surface area contributed by atoms with E-state index in [2.05, 4.69) is 5.32 Å². The number of carbonyl (C=O) groups excluding carboxylic acids is 1. The van der Waals surface area contributed by atoms with Crippen molar-refractivity contribution in [2.75, 3.05) is 13.3 Å². The lowest BCUT2D eigenvalue weighted by molar-refractivity contribution is 0.173. The van der Waals surface area contributed by atoms with Crippen LogP contribution in [0.1, 0.15) is 18.2 Å². The van der Waals surface area contributed by atoms with Gasteiger partial charge in [0.05, 0.1) is 12.8 Å². The zero-order chi connectivity index (χ0) is 15.4. The molecule has 2 amide bonds. The molecule has 6 heteroatoms. The molecule has 116 valence electrons. The van der Waals surface area contributed by atoms with Crippen LogP contribution in [-0.4, -0.2) is 24.3 Å².